The van der Waals surface area contributed by atoms with E-state index in [1.807, 2.05) is 6.07 Å². The number of nitrogens with one attached hydrogen (secondary N) is 1. The van der Waals surface area contributed by atoms with E-state index in [-0.39, 0.29) is 17.2 Å². The van der Waals surface area contributed by atoms with Crippen molar-refractivity contribution in [1.29, 1.82) is 0 Å². The lowest BCUT2D eigenvalue weighted by Crippen LogP contribution is -2.53. The zero-order valence-electron chi connectivity index (χ0n) is 17.1. The van der Waals surface area contributed by atoms with Gasteiger partial charge in [-0.05, 0) is 80.4 Å². The second-order valence-corrected chi connectivity index (χ2v) is 10.4. The van der Waals surface area contributed by atoms with Crippen molar-refractivity contribution in [2.75, 3.05) is 13.6 Å². The van der Waals surface area contributed by atoms with E-state index in [4.69, 9.17) is 23.2 Å². The van der Waals surface area contributed by atoms with Crippen LogP contribution in [0.2, 0.25) is 10.0 Å². The third-order valence-corrected chi connectivity index (χ3v) is 7.94. The molecule has 0 spiro atoms. The van der Waals surface area contributed by atoms with Crippen LogP contribution in [0.3, 0.4) is 0 Å². The van der Waals surface area contributed by atoms with E-state index in [0.29, 0.717) is 36.0 Å². The predicted molar refractivity (Wildman–Crippen MR) is 116 cm³/mol. The molecular weight excluding hydrogens is 407 g/mol. The minimum Gasteiger partial charge on any atom is -0.356 e. The average Bonchev–Trinajstić information content (AvgIpc) is 2.66. The Morgan fingerprint density at radius 3 is 2.28 bits per heavy atom. The van der Waals surface area contributed by atoms with Crippen LogP contribution in [0.4, 0.5) is 0 Å². The highest BCUT2D eigenvalue weighted by Crippen LogP contribution is 2.60. The van der Waals surface area contributed by atoms with Crippen molar-refractivity contribution >= 4 is 35.0 Å². The fraction of sp³-hybridized carbons (Fsp3) is 0.652. The molecule has 0 aliphatic heterocycles. The summed E-state index contributed by atoms with van der Waals surface area (Å²) in [5.74, 6) is 2.61. The van der Waals surface area contributed by atoms with Gasteiger partial charge in [0.2, 0.25) is 11.8 Å². The number of carbonyl (C=O) groups excluding carboxylic acids is 2. The van der Waals surface area contributed by atoms with Crippen LogP contribution in [0.25, 0.3) is 0 Å². The highest BCUT2D eigenvalue weighted by atomic mass is 35.5. The Morgan fingerprint density at radius 2 is 1.69 bits per heavy atom. The Morgan fingerprint density at radius 1 is 1.07 bits per heavy atom. The number of halogens is 2. The summed E-state index contributed by atoms with van der Waals surface area (Å²) in [6.45, 7) is 1.07. The Kier molecular flexibility index (Phi) is 6.13. The van der Waals surface area contributed by atoms with Gasteiger partial charge in [-0.25, -0.2) is 0 Å². The molecule has 4 saturated carbocycles. The van der Waals surface area contributed by atoms with Gasteiger partial charge in [0.05, 0.1) is 10.0 Å². The fourth-order valence-corrected chi connectivity index (χ4v) is 6.53. The van der Waals surface area contributed by atoms with Crippen LogP contribution in [0.15, 0.2) is 18.2 Å². The fourth-order valence-electron chi connectivity index (χ4n) is 6.21. The minimum absolute atomic E-state index is 0.0696. The molecule has 5 rings (SSSR count). The molecule has 0 atom stereocenters. The van der Waals surface area contributed by atoms with Gasteiger partial charge >= 0.3 is 0 Å². The molecular formula is C23H30Cl2N2O2. The van der Waals surface area contributed by atoms with Gasteiger partial charge in [-0.2, -0.15) is 0 Å². The van der Waals surface area contributed by atoms with Crippen molar-refractivity contribution in [2.45, 2.75) is 57.9 Å². The highest BCUT2D eigenvalue weighted by molar-refractivity contribution is 6.42. The quantitative estimate of drug-likeness (QED) is 0.606. The average molecular weight is 437 g/mol. The van der Waals surface area contributed by atoms with Crippen LogP contribution in [0, 0.1) is 23.2 Å². The number of hydrogen-bond acceptors (Lipinski definition) is 2. The number of benzene rings is 1. The first-order valence-corrected chi connectivity index (χ1v) is 11.6. The Hall–Kier alpha value is -1.26. The lowest BCUT2D eigenvalue weighted by molar-refractivity contribution is -0.146. The predicted octanol–water partition coefficient (Wildman–Crippen LogP) is 5.06. The van der Waals surface area contributed by atoms with Crippen molar-refractivity contribution in [3.8, 4) is 0 Å². The van der Waals surface area contributed by atoms with Gasteiger partial charge in [0.15, 0.2) is 0 Å². The van der Waals surface area contributed by atoms with Crippen LogP contribution in [0.5, 0.6) is 0 Å². The lowest BCUT2D eigenvalue weighted by atomic mass is 9.49. The second kappa shape index (κ2) is 8.47. The molecule has 1 N–H and O–H groups in total. The van der Waals surface area contributed by atoms with E-state index >= 15 is 0 Å². The summed E-state index contributed by atoms with van der Waals surface area (Å²) in [7, 11) is 1.79. The van der Waals surface area contributed by atoms with Crippen LogP contribution in [0.1, 0.15) is 56.9 Å². The van der Waals surface area contributed by atoms with Crippen molar-refractivity contribution in [1.82, 2.24) is 10.2 Å². The maximum absolute atomic E-state index is 12.9. The summed E-state index contributed by atoms with van der Waals surface area (Å²) in [5.41, 5.74) is 0.842. The van der Waals surface area contributed by atoms with Gasteiger partial charge in [-0.3, -0.25) is 9.59 Å². The van der Waals surface area contributed by atoms with Crippen molar-refractivity contribution < 1.29 is 9.59 Å². The summed E-state index contributed by atoms with van der Waals surface area (Å²) < 4.78 is 0. The van der Waals surface area contributed by atoms with E-state index in [0.717, 1.165) is 42.6 Å². The van der Waals surface area contributed by atoms with E-state index in [9.17, 15) is 9.59 Å². The van der Waals surface area contributed by atoms with Crippen LogP contribution in [-0.4, -0.2) is 30.3 Å². The Balaban J connectivity index is 1.20. The summed E-state index contributed by atoms with van der Waals surface area (Å²) in [6, 6.07) is 5.42. The summed E-state index contributed by atoms with van der Waals surface area (Å²) in [4.78, 5) is 27.1. The van der Waals surface area contributed by atoms with E-state index in [1.165, 1.54) is 19.3 Å². The van der Waals surface area contributed by atoms with E-state index < -0.39 is 0 Å². The van der Waals surface area contributed by atoms with E-state index in [1.54, 1.807) is 24.1 Å². The van der Waals surface area contributed by atoms with E-state index in [2.05, 4.69) is 5.32 Å². The third-order valence-electron chi connectivity index (χ3n) is 7.20. The van der Waals surface area contributed by atoms with Gasteiger partial charge < -0.3 is 10.2 Å². The lowest BCUT2D eigenvalue weighted by Gasteiger charge is -2.55. The molecule has 4 aliphatic rings. The molecule has 6 heteroatoms. The molecule has 1 aromatic rings. The molecule has 0 heterocycles. The molecule has 4 bridgehead atoms. The summed E-state index contributed by atoms with van der Waals surface area (Å²) in [5, 5.41) is 4.17. The highest BCUT2D eigenvalue weighted by Gasteiger charge is 2.54. The first kappa shape index (κ1) is 21.0. The van der Waals surface area contributed by atoms with Crippen LogP contribution >= 0.6 is 23.2 Å². The van der Waals surface area contributed by atoms with Gasteiger partial charge in [0.25, 0.3) is 0 Å². The van der Waals surface area contributed by atoms with Crippen LogP contribution < -0.4 is 5.32 Å². The monoisotopic (exact) mass is 436 g/mol. The molecule has 2 amide bonds. The molecule has 29 heavy (non-hydrogen) atoms. The smallest absolute Gasteiger partial charge is 0.226 e. The second-order valence-electron chi connectivity index (χ2n) is 9.56. The molecule has 4 fully saturated rings. The molecule has 0 aromatic heterocycles. The molecule has 0 radical (unpaired) electrons. The van der Waals surface area contributed by atoms with Gasteiger partial charge in [-0.1, -0.05) is 29.3 Å². The normalized spacial score (nSPS) is 29.7. The maximum atomic E-state index is 12.9. The molecule has 0 saturated heterocycles. The summed E-state index contributed by atoms with van der Waals surface area (Å²) in [6.07, 6.45) is 8.36. The van der Waals surface area contributed by atoms with Crippen molar-refractivity contribution in [3.63, 3.8) is 0 Å². The Bertz CT molecular complexity index is 760. The number of carbonyl (C=O) groups is 2. The van der Waals surface area contributed by atoms with Crippen LogP contribution in [-0.2, 0) is 16.1 Å². The SMILES string of the molecule is CN(Cc1ccc(Cl)c(Cl)c1)C(=O)CCCNC(=O)C12CC3CC(CC(C3)C1)C2. The standard InChI is InChI=1S/C23H30Cl2N2O2/c1-27(14-15-4-5-19(24)20(25)10-15)21(28)3-2-6-26-22(29)23-11-16-7-17(12-23)9-18(8-16)13-23/h4-5,10,16-18H,2-3,6-9,11-14H2,1H3,(H,26,29). The van der Waals surface area contributed by atoms with Crippen molar-refractivity contribution in [2.24, 2.45) is 23.2 Å². The van der Waals surface area contributed by atoms with Gasteiger partial charge in [0, 0.05) is 32.0 Å². The van der Waals surface area contributed by atoms with Gasteiger partial charge in [-0.15, -0.1) is 0 Å². The minimum atomic E-state index is -0.108. The zero-order chi connectivity index (χ0) is 20.6. The largest absolute Gasteiger partial charge is 0.356 e. The summed E-state index contributed by atoms with van der Waals surface area (Å²) >= 11 is 12.0. The topological polar surface area (TPSA) is 49.4 Å². The maximum Gasteiger partial charge on any atom is 0.226 e. The number of amides is 2. The molecule has 0 unspecified atom stereocenters. The Labute approximate surface area is 183 Å². The molecule has 4 nitrogen and oxygen atoms in total. The number of nitrogens with zero attached hydrogens (tertiary/aromatic N) is 1. The molecule has 158 valence electrons. The number of hydrogen-bond donors (Lipinski definition) is 1. The molecule has 1 aromatic carbocycles. The van der Waals surface area contributed by atoms with Crippen molar-refractivity contribution in [3.05, 3.63) is 33.8 Å². The van der Waals surface area contributed by atoms with Gasteiger partial charge in [0.1, 0.15) is 0 Å². The molecule has 4 aliphatic carbocycles. The third kappa shape index (κ3) is 4.59. The zero-order valence-corrected chi connectivity index (χ0v) is 18.6. The number of rotatable bonds is 7. The first-order chi connectivity index (χ1) is 13.8. The first-order valence-electron chi connectivity index (χ1n) is 10.8.